The van der Waals surface area contributed by atoms with Gasteiger partial charge in [0.2, 0.25) is 20.0 Å². The van der Waals surface area contributed by atoms with E-state index in [2.05, 4.69) is 0 Å². The van der Waals surface area contributed by atoms with Crippen molar-refractivity contribution < 1.29 is 33.7 Å². The highest BCUT2D eigenvalue weighted by Crippen LogP contribution is 2.16. The van der Waals surface area contributed by atoms with Crippen LogP contribution in [-0.4, -0.2) is 56.7 Å². The van der Waals surface area contributed by atoms with Crippen LogP contribution in [0.1, 0.15) is 0 Å². The monoisotopic (exact) mass is 580 g/mol. The molecule has 0 saturated carbocycles. The van der Waals surface area contributed by atoms with Gasteiger partial charge in [0.25, 0.3) is 0 Å². The second kappa shape index (κ2) is 11.8. The molecule has 0 heterocycles. The van der Waals surface area contributed by atoms with Crippen LogP contribution in [0, 0.1) is 0 Å². The summed E-state index contributed by atoms with van der Waals surface area (Å²) in [4.78, 5) is -0.398. The summed E-state index contributed by atoms with van der Waals surface area (Å²) in [5.74, 6) is 0.458. The van der Waals surface area contributed by atoms with Crippen molar-refractivity contribution in [2.75, 3.05) is 23.0 Å². The largest absolute Gasteiger partial charge is 0.238 e. The molecular weight excluding hydrogens is 557 g/mol. The van der Waals surface area contributed by atoms with Crippen LogP contribution < -0.4 is 10.3 Å². The van der Waals surface area contributed by atoms with Gasteiger partial charge in [-0.3, -0.25) is 0 Å². The highest BCUT2D eigenvalue weighted by atomic mass is 32.2. The summed E-state index contributed by atoms with van der Waals surface area (Å²) in [6.07, 6.45) is 6.29. The zero-order chi connectivity index (χ0) is 26.3. The molecule has 0 unspecified atom stereocenters. The van der Waals surface area contributed by atoms with Crippen LogP contribution in [0.25, 0.3) is 0 Å². The van der Waals surface area contributed by atoms with Gasteiger partial charge in [-0.05, 0) is 48.5 Å². The first-order valence-electron chi connectivity index (χ1n) is 9.72. The van der Waals surface area contributed by atoms with Crippen molar-refractivity contribution >= 4 is 51.5 Å². The van der Waals surface area contributed by atoms with E-state index < -0.39 is 39.7 Å². The van der Waals surface area contributed by atoms with E-state index in [1.54, 1.807) is 12.2 Å². The molecule has 15 heteroatoms. The average molecular weight is 581 g/mol. The lowest BCUT2D eigenvalue weighted by Gasteiger charge is -2.03. The van der Waals surface area contributed by atoms with Crippen LogP contribution in [0.3, 0.4) is 0 Å². The lowest BCUT2D eigenvalue weighted by atomic mass is 10.4. The summed E-state index contributed by atoms with van der Waals surface area (Å²) in [5.41, 5.74) is 0. The fraction of sp³-hybridized carbons (Fsp3) is 0.200. The van der Waals surface area contributed by atoms with E-state index >= 15 is 0 Å². The van der Waals surface area contributed by atoms with Crippen LogP contribution in [0.5, 0.6) is 0 Å². The summed E-state index contributed by atoms with van der Waals surface area (Å²) in [6, 6.07) is 9.27. The Morgan fingerprint density at radius 3 is 1.09 bits per heavy atom. The van der Waals surface area contributed by atoms with Crippen LogP contribution >= 0.6 is 11.8 Å². The third-order valence-electron chi connectivity index (χ3n) is 4.42. The molecule has 10 nitrogen and oxygen atoms in total. The lowest BCUT2D eigenvalue weighted by Crippen LogP contribution is -2.12. The van der Waals surface area contributed by atoms with Crippen LogP contribution in [0.4, 0.5) is 0 Å². The smallest absolute Gasteiger partial charge is 0.225 e. The summed E-state index contributed by atoms with van der Waals surface area (Å²) >= 11 is 1.43. The molecule has 0 aromatic heterocycles. The van der Waals surface area contributed by atoms with E-state index in [1.165, 1.54) is 48.2 Å². The van der Waals surface area contributed by atoms with Gasteiger partial charge in [-0.2, -0.15) is 11.8 Å². The maximum absolute atomic E-state index is 12.3. The molecule has 0 fully saturated rings. The number of benzene rings is 2. The first-order chi connectivity index (χ1) is 16.1. The van der Waals surface area contributed by atoms with Gasteiger partial charge in [-0.25, -0.2) is 43.9 Å². The van der Waals surface area contributed by atoms with Gasteiger partial charge < -0.3 is 0 Å². The molecule has 0 bridgehead atoms. The molecule has 0 atom stereocenters. The van der Waals surface area contributed by atoms with Gasteiger partial charge in [0.1, 0.15) is 0 Å². The van der Waals surface area contributed by atoms with E-state index in [-0.39, 0.29) is 31.1 Å². The molecule has 35 heavy (non-hydrogen) atoms. The van der Waals surface area contributed by atoms with E-state index in [9.17, 15) is 33.7 Å². The highest BCUT2D eigenvalue weighted by Gasteiger charge is 2.15. The second-order valence-electron chi connectivity index (χ2n) is 7.08. The van der Waals surface area contributed by atoms with Crippen molar-refractivity contribution in [1.29, 1.82) is 0 Å². The normalized spacial score (nSPS) is 13.5. The van der Waals surface area contributed by atoms with Gasteiger partial charge in [-0.15, -0.1) is 0 Å². The Morgan fingerprint density at radius 2 is 0.800 bits per heavy atom. The SMILES string of the molecule is NS(=O)(=O)c1ccc(S(=O)(=O)C/C=C/CSC/C=C/CS(=O)(=O)c2ccc(S(N)(=O)=O)cc2)cc1. The quantitative estimate of drug-likeness (QED) is 0.273. The molecule has 192 valence electrons. The Kier molecular flexibility index (Phi) is 9.87. The number of hydrogen-bond acceptors (Lipinski definition) is 9. The van der Waals surface area contributed by atoms with Crippen LogP contribution in [0.2, 0.25) is 0 Å². The standard InChI is InChI=1S/C20H24N2O8S5/c21-34(27,28)19-9-5-17(6-10-19)32(23,24)15-3-1-13-31-14-2-4-16-33(25,26)18-7-11-20(12-8-18)35(22,29)30/h1-12H,13-16H2,(H2,21,27,28)(H2,22,29,30)/b3-1+,4-2+. The zero-order valence-electron chi connectivity index (χ0n) is 18.2. The van der Waals surface area contributed by atoms with Crippen molar-refractivity contribution in [1.82, 2.24) is 0 Å². The summed E-state index contributed by atoms with van der Waals surface area (Å²) in [7, 11) is -15.1. The molecule has 0 saturated heterocycles. The predicted octanol–water partition coefficient (Wildman–Crippen LogP) is 1.07. The minimum absolute atomic E-state index is 0.0226. The Morgan fingerprint density at radius 1 is 0.514 bits per heavy atom. The Bertz CT molecular complexity index is 1390. The van der Waals surface area contributed by atoms with E-state index in [4.69, 9.17) is 10.3 Å². The molecular formula is C20H24N2O8S5. The minimum Gasteiger partial charge on any atom is -0.225 e. The second-order valence-corrected chi connectivity index (χ2v) is 15.3. The van der Waals surface area contributed by atoms with Crippen molar-refractivity contribution in [3.05, 3.63) is 72.8 Å². The van der Waals surface area contributed by atoms with E-state index in [1.807, 2.05) is 0 Å². The Balaban J connectivity index is 1.78. The third kappa shape index (κ3) is 9.18. The van der Waals surface area contributed by atoms with Gasteiger partial charge >= 0.3 is 0 Å². The molecule has 2 rings (SSSR count). The molecule has 0 aliphatic rings. The third-order valence-corrected chi connectivity index (χ3v) is 10.4. The maximum Gasteiger partial charge on any atom is 0.238 e. The number of sulfone groups is 2. The summed E-state index contributed by atoms with van der Waals surface area (Å²) in [6.45, 7) is 0. The molecule has 0 aliphatic heterocycles. The van der Waals surface area contributed by atoms with Gasteiger partial charge in [0.05, 0.1) is 31.1 Å². The molecule has 4 N–H and O–H groups in total. The first-order valence-corrected chi connectivity index (χ1v) is 17.3. The molecule has 0 radical (unpaired) electrons. The van der Waals surface area contributed by atoms with Crippen LogP contribution in [0.15, 0.2) is 92.4 Å². The summed E-state index contributed by atoms with van der Waals surface area (Å²) in [5, 5.41) is 9.98. The Labute approximate surface area is 210 Å². The number of primary sulfonamides is 2. The summed E-state index contributed by atoms with van der Waals surface area (Å²) < 4.78 is 94.2. The number of sulfonamides is 2. The molecule has 2 aromatic carbocycles. The molecule has 2 aromatic rings. The predicted molar refractivity (Wildman–Crippen MR) is 135 cm³/mol. The van der Waals surface area contributed by atoms with Crippen molar-refractivity contribution in [3.8, 4) is 0 Å². The maximum atomic E-state index is 12.3. The van der Waals surface area contributed by atoms with E-state index in [0.29, 0.717) is 11.5 Å². The lowest BCUT2D eigenvalue weighted by molar-refractivity contribution is 0.594. The first kappa shape index (κ1) is 29.2. The van der Waals surface area contributed by atoms with Gasteiger partial charge in [0.15, 0.2) is 19.7 Å². The number of rotatable bonds is 12. The number of hydrogen-bond donors (Lipinski definition) is 2. The highest BCUT2D eigenvalue weighted by molar-refractivity contribution is 7.99. The zero-order valence-corrected chi connectivity index (χ0v) is 22.3. The van der Waals surface area contributed by atoms with Gasteiger partial charge in [-0.1, -0.05) is 24.3 Å². The molecule has 0 aliphatic carbocycles. The fourth-order valence-electron chi connectivity index (χ4n) is 2.60. The number of thioether (sulfide) groups is 1. The average Bonchev–Trinajstić information content (AvgIpc) is 2.77. The van der Waals surface area contributed by atoms with Crippen molar-refractivity contribution in [2.24, 2.45) is 10.3 Å². The molecule has 0 amide bonds. The van der Waals surface area contributed by atoms with Crippen molar-refractivity contribution in [3.63, 3.8) is 0 Å². The van der Waals surface area contributed by atoms with Gasteiger partial charge in [0, 0.05) is 11.5 Å². The van der Waals surface area contributed by atoms with E-state index in [0.717, 1.165) is 24.3 Å². The van der Waals surface area contributed by atoms with Crippen LogP contribution in [-0.2, 0) is 39.7 Å². The minimum atomic E-state index is -3.90. The topological polar surface area (TPSA) is 189 Å². The molecule has 0 spiro atoms. The Hall–Kier alpha value is -2.01. The fourth-order valence-corrected chi connectivity index (χ4v) is 6.57. The van der Waals surface area contributed by atoms with Crippen molar-refractivity contribution in [2.45, 2.75) is 19.6 Å². The number of nitrogens with two attached hydrogens (primary N) is 2.